The number of ketones is 1. The lowest BCUT2D eigenvalue weighted by atomic mass is 10.0. The molecule has 1 nitrogen and oxygen atoms in total. The van der Waals surface area contributed by atoms with E-state index in [1.54, 1.807) is 0 Å². The van der Waals surface area contributed by atoms with E-state index in [1.165, 1.54) is 5.56 Å². The fourth-order valence-corrected chi connectivity index (χ4v) is 1.25. The maximum Gasteiger partial charge on any atom is 0.188 e. The molecule has 0 aliphatic rings. The summed E-state index contributed by atoms with van der Waals surface area (Å²) in [4.78, 5) is 11.9. The van der Waals surface area contributed by atoms with E-state index in [4.69, 9.17) is 0 Å². The average Bonchev–Trinajstić information content (AvgIpc) is 2.26. The number of hydrogen-bond donors (Lipinski definition) is 0. The van der Waals surface area contributed by atoms with Crippen LogP contribution in [0, 0.1) is 6.92 Å². The van der Waals surface area contributed by atoms with Gasteiger partial charge in [-0.05, 0) is 26.3 Å². The Hall–Kier alpha value is -1.63. The molecule has 0 bridgehead atoms. The van der Waals surface area contributed by atoms with Crippen LogP contribution in [0.1, 0.15) is 29.8 Å². The minimum absolute atomic E-state index is 0.0908. The number of carbonyl (C=O) groups is 1. The zero-order chi connectivity index (χ0) is 11.3. The lowest BCUT2D eigenvalue weighted by Gasteiger charge is -2.00. The summed E-state index contributed by atoms with van der Waals surface area (Å²) in [5.41, 5.74) is 2.68. The molecule has 0 saturated heterocycles. The third kappa shape index (κ3) is 3.21. The van der Waals surface area contributed by atoms with Gasteiger partial charge in [0.1, 0.15) is 0 Å². The van der Waals surface area contributed by atoms with E-state index in [2.05, 4.69) is 0 Å². The van der Waals surface area contributed by atoms with Crippen LogP contribution in [-0.4, -0.2) is 5.78 Å². The second-order valence-electron chi connectivity index (χ2n) is 3.57. The number of aryl methyl sites for hydroxylation is 1. The number of Topliss-reactive ketones (excluding diaryl/α,β-unsaturated/α-hetero) is 1. The first-order chi connectivity index (χ1) is 7.15. The highest BCUT2D eigenvalue weighted by molar-refractivity contribution is 6.08. The summed E-state index contributed by atoms with van der Waals surface area (Å²) >= 11 is 0. The molecule has 1 rings (SSSR count). The third-order valence-electron chi connectivity index (χ3n) is 2.21. The van der Waals surface area contributed by atoms with E-state index in [0.717, 1.165) is 11.1 Å². The van der Waals surface area contributed by atoms with Crippen LogP contribution in [0.25, 0.3) is 0 Å². The van der Waals surface area contributed by atoms with Crippen LogP contribution in [-0.2, 0) is 0 Å². The third-order valence-corrected chi connectivity index (χ3v) is 2.21. The predicted octanol–water partition coefficient (Wildman–Crippen LogP) is 3.70. The highest BCUT2D eigenvalue weighted by atomic mass is 16.1. The van der Waals surface area contributed by atoms with Gasteiger partial charge in [-0.3, -0.25) is 4.79 Å². The second-order valence-corrected chi connectivity index (χ2v) is 3.57. The van der Waals surface area contributed by atoms with Crippen molar-refractivity contribution in [3.8, 4) is 0 Å². The summed E-state index contributed by atoms with van der Waals surface area (Å²) in [5, 5.41) is 0. The maximum atomic E-state index is 11.9. The van der Waals surface area contributed by atoms with E-state index in [9.17, 15) is 4.79 Å². The number of allylic oxidation sites excluding steroid dienone is 4. The second kappa shape index (κ2) is 5.30. The molecule has 1 aromatic carbocycles. The molecular weight excluding hydrogens is 184 g/mol. The van der Waals surface area contributed by atoms with Crippen molar-refractivity contribution in [2.45, 2.75) is 20.8 Å². The van der Waals surface area contributed by atoms with Gasteiger partial charge >= 0.3 is 0 Å². The van der Waals surface area contributed by atoms with Crippen LogP contribution < -0.4 is 0 Å². The number of carbonyl (C=O) groups excluding carboxylic acids is 1. The van der Waals surface area contributed by atoms with Gasteiger partial charge in [0.15, 0.2) is 5.78 Å². The Kier molecular flexibility index (Phi) is 4.04. The largest absolute Gasteiger partial charge is 0.289 e. The zero-order valence-corrected chi connectivity index (χ0v) is 9.45. The van der Waals surface area contributed by atoms with Crippen molar-refractivity contribution in [2.75, 3.05) is 0 Å². The first-order valence-electron chi connectivity index (χ1n) is 5.06. The van der Waals surface area contributed by atoms with E-state index >= 15 is 0 Å². The van der Waals surface area contributed by atoms with Crippen molar-refractivity contribution in [3.05, 3.63) is 59.2 Å². The van der Waals surface area contributed by atoms with Gasteiger partial charge < -0.3 is 0 Å². The molecule has 1 heteroatoms. The fourth-order valence-electron chi connectivity index (χ4n) is 1.25. The summed E-state index contributed by atoms with van der Waals surface area (Å²) in [6, 6.07) is 7.64. The van der Waals surface area contributed by atoms with Crippen LogP contribution >= 0.6 is 0 Å². The van der Waals surface area contributed by atoms with Gasteiger partial charge in [-0.25, -0.2) is 0 Å². The van der Waals surface area contributed by atoms with Crippen molar-refractivity contribution in [1.29, 1.82) is 0 Å². The Morgan fingerprint density at radius 2 is 1.80 bits per heavy atom. The molecular formula is C14H16O. The molecule has 0 radical (unpaired) electrons. The van der Waals surface area contributed by atoms with E-state index in [1.807, 2.05) is 63.3 Å². The van der Waals surface area contributed by atoms with Crippen LogP contribution in [0.2, 0.25) is 0 Å². The Bertz CT molecular complexity index is 394. The predicted molar refractivity (Wildman–Crippen MR) is 64.1 cm³/mol. The molecule has 0 heterocycles. The number of rotatable bonds is 3. The minimum atomic E-state index is 0.0908. The van der Waals surface area contributed by atoms with Crippen LogP contribution in [0.3, 0.4) is 0 Å². The van der Waals surface area contributed by atoms with Gasteiger partial charge in [0, 0.05) is 5.56 Å². The van der Waals surface area contributed by atoms with Crippen LogP contribution in [0.15, 0.2) is 48.1 Å². The zero-order valence-electron chi connectivity index (χ0n) is 9.45. The Labute approximate surface area is 91.1 Å². The topological polar surface area (TPSA) is 17.1 Å². The SMILES string of the molecule is C/C=C\C=C(/C)C(=O)c1ccc(C)cc1. The smallest absolute Gasteiger partial charge is 0.188 e. The molecule has 0 aliphatic carbocycles. The molecule has 0 aliphatic heterocycles. The summed E-state index contributed by atoms with van der Waals surface area (Å²) in [6.07, 6.45) is 5.62. The molecule has 0 N–H and O–H groups in total. The molecule has 0 saturated carbocycles. The monoisotopic (exact) mass is 200 g/mol. The van der Waals surface area contributed by atoms with Gasteiger partial charge in [-0.15, -0.1) is 0 Å². The molecule has 0 unspecified atom stereocenters. The average molecular weight is 200 g/mol. The van der Waals surface area contributed by atoms with Crippen molar-refractivity contribution in [1.82, 2.24) is 0 Å². The van der Waals surface area contributed by atoms with Gasteiger partial charge in [-0.1, -0.05) is 48.1 Å². The Morgan fingerprint density at radius 1 is 1.20 bits per heavy atom. The van der Waals surface area contributed by atoms with Crippen LogP contribution in [0.5, 0.6) is 0 Å². The molecule has 0 aromatic heterocycles. The Balaban J connectivity index is 2.90. The van der Waals surface area contributed by atoms with Gasteiger partial charge in [0.25, 0.3) is 0 Å². The van der Waals surface area contributed by atoms with Crippen LogP contribution in [0.4, 0.5) is 0 Å². The standard InChI is InChI=1S/C14H16O/c1-4-5-6-12(3)14(15)13-9-7-11(2)8-10-13/h4-10H,1-3H3/b5-4-,12-6+. The van der Waals surface area contributed by atoms with E-state index in [-0.39, 0.29) is 5.78 Å². The molecule has 0 amide bonds. The fraction of sp³-hybridized carbons (Fsp3) is 0.214. The number of benzene rings is 1. The summed E-state index contributed by atoms with van der Waals surface area (Å²) in [5.74, 6) is 0.0908. The van der Waals surface area contributed by atoms with E-state index < -0.39 is 0 Å². The molecule has 0 fully saturated rings. The first kappa shape index (κ1) is 11.4. The molecule has 0 atom stereocenters. The molecule has 15 heavy (non-hydrogen) atoms. The van der Waals surface area contributed by atoms with Crippen molar-refractivity contribution < 1.29 is 4.79 Å². The first-order valence-corrected chi connectivity index (χ1v) is 5.06. The molecule has 78 valence electrons. The highest BCUT2D eigenvalue weighted by Gasteiger charge is 2.06. The lowest BCUT2D eigenvalue weighted by molar-refractivity contribution is 0.103. The Morgan fingerprint density at radius 3 is 2.33 bits per heavy atom. The summed E-state index contributed by atoms with van der Waals surface area (Å²) < 4.78 is 0. The summed E-state index contributed by atoms with van der Waals surface area (Å²) in [7, 11) is 0. The molecule has 1 aromatic rings. The molecule has 0 spiro atoms. The van der Waals surface area contributed by atoms with E-state index in [0.29, 0.717) is 0 Å². The highest BCUT2D eigenvalue weighted by Crippen LogP contribution is 2.09. The maximum absolute atomic E-state index is 11.9. The van der Waals surface area contributed by atoms with Crippen molar-refractivity contribution in [3.63, 3.8) is 0 Å². The van der Waals surface area contributed by atoms with Gasteiger partial charge in [-0.2, -0.15) is 0 Å². The quantitative estimate of drug-likeness (QED) is 0.413. The number of hydrogen-bond acceptors (Lipinski definition) is 1. The minimum Gasteiger partial charge on any atom is -0.289 e. The van der Waals surface area contributed by atoms with Crippen molar-refractivity contribution in [2.24, 2.45) is 0 Å². The van der Waals surface area contributed by atoms with Gasteiger partial charge in [0.05, 0.1) is 0 Å². The van der Waals surface area contributed by atoms with Crippen molar-refractivity contribution >= 4 is 5.78 Å². The summed E-state index contributed by atoms with van der Waals surface area (Å²) in [6.45, 7) is 5.78. The lowest BCUT2D eigenvalue weighted by Crippen LogP contribution is -1.99. The van der Waals surface area contributed by atoms with Gasteiger partial charge in [0.2, 0.25) is 0 Å². The normalized spacial score (nSPS) is 12.1.